The maximum atomic E-state index is 6.17. The third-order valence-corrected chi connectivity index (χ3v) is 4.79. The molecular formula is C19H25ClN2O2. The lowest BCUT2D eigenvalue weighted by Crippen LogP contribution is -2.43. The number of ether oxygens (including phenoxy) is 1. The summed E-state index contributed by atoms with van der Waals surface area (Å²) in [7, 11) is 0. The topological polar surface area (TPSA) is 37.6 Å². The standard InChI is InChI=1S/C19H25ClN2O2/c1-15-4-2-6-18(20)19(15)24-13-9-21-16-7-10-22(11-8-16)14-17-5-3-12-23-17/h2-6,12,16,21H,7-11,13-14H2,1H3. The summed E-state index contributed by atoms with van der Waals surface area (Å²) in [5.74, 6) is 1.85. The Morgan fingerprint density at radius 2 is 2.08 bits per heavy atom. The second-order valence-electron chi connectivity index (χ2n) is 6.32. The molecule has 0 saturated carbocycles. The van der Waals surface area contributed by atoms with Crippen LogP contribution in [0.25, 0.3) is 0 Å². The number of piperidine rings is 1. The maximum Gasteiger partial charge on any atom is 0.140 e. The van der Waals surface area contributed by atoms with Crippen LogP contribution in [-0.2, 0) is 6.54 Å². The van der Waals surface area contributed by atoms with Gasteiger partial charge in [0, 0.05) is 25.7 Å². The number of nitrogens with zero attached hydrogens (tertiary/aromatic N) is 1. The summed E-state index contributed by atoms with van der Waals surface area (Å²) >= 11 is 6.17. The SMILES string of the molecule is Cc1cccc(Cl)c1OCCNC1CCN(Cc2ccco2)CC1. The van der Waals surface area contributed by atoms with E-state index in [-0.39, 0.29) is 0 Å². The van der Waals surface area contributed by atoms with Crippen LogP contribution in [-0.4, -0.2) is 37.2 Å². The van der Waals surface area contributed by atoms with Crippen molar-refractivity contribution in [2.24, 2.45) is 0 Å². The molecule has 1 aliphatic rings. The van der Waals surface area contributed by atoms with Gasteiger partial charge in [-0.1, -0.05) is 23.7 Å². The summed E-state index contributed by atoms with van der Waals surface area (Å²) in [4.78, 5) is 2.45. The fourth-order valence-electron chi connectivity index (χ4n) is 3.13. The van der Waals surface area contributed by atoms with Crippen LogP contribution in [0.4, 0.5) is 0 Å². The lowest BCUT2D eigenvalue weighted by Gasteiger charge is -2.31. The minimum absolute atomic E-state index is 0.564. The zero-order chi connectivity index (χ0) is 16.8. The molecule has 1 aromatic carbocycles. The highest BCUT2D eigenvalue weighted by Crippen LogP contribution is 2.27. The van der Waals surface area contributed by atoms with Crippen molar-refractivity contribution in [3.05, 3.63) is 52.9 Å². The van der Waals surface area contributed by atoms with Crippen molar-refractivity contribution in [3.63, 3.8) is 0 Å². The molecular weight excluding hydrogens is 324 g/mol. The van der Waals surface area contributed by atoms with Crippen LogP contribution in [0.3, 0.4) is 0 Å². The predicted molar refractivity (Wildman–Crippen MR) is 96.7 cm³/mol. The number of likely N-dealkylation sites (tertiary alicyclic amines) is 1. The lowest BCUT2D eigenvalue weighted by molar-refractivity contribution is 0.175. The maximum absolute atomic E-state index is 6.17. The van der Waals surface area contributed by atoms with Crippen LogP contribution in [0.5, 0.6) is 5.75 Å². The van der Waals surface area contributed by atoms with E-state index < -0.39 is 0 Å². The number of hydrogen-bond donors (Lipinski definition) is 1. The molecule has 1 N–H and O–H groups in total. The van der Waals surface area contributed by atoms with Gasteiger partial charge in [-0.05, 0) is 43.5 Å². The van der Waals surface area contributed by atoms with Crippen LogP contribution in [0.1, 0.15) is 24.2 Å². The molecule has 2 heterocycles. The monoisotopic (exact) mass is 348 g/mol. The molecule has 1 aliphatic heterocycles. The van der Waals surface area contributed by atoms with Gasteiger partial charge in [-0.3, -0.25) is 4.90 Å². The molecule has 24 heavy (non-hydrogen) atoms. The molecule has 0 bridgehead atoms. The number of furan rings is 1. The Morgan fingerprint density at radius 1 is 1.25 bits per heavy atom. The first-order chi connectivity index (χ1) is 11.7. The molecule has 1 saturated heterocycles. The molecule has 0 aliphatic carbocycles. The van der Waals surface area contributed by atoms with Gasteiger partial charge in [0.15, 0.2) is 0 Å². The van der Waals surface area contributed by atoms with Crippen molar-refractivity contribution in [2.75, 3.05) is 26.2 Å². The van der Waals surface area contributed by atoms with E-state index >= 15 is 0 Å². The van der Waals surface area contributed by atoms with Crippen LogP contribution in [0, 0.1) is 6.92 Å². The Balaban J connectivity index is 1.34. The van der Waals surface area contributed by atoms with E-state index in [1.807, 2.05) is 37.3 Å². The first kappa shape index (κ1) is 17.3. The average molecular weight is 349 g/mol. The Morgan fingerprint density at radius 3 is 2.79 bits per heavy atom. The highest BCUT2D eigenvalue weighted by atomic mass is 35.5. The van der Waals surface area contributed by atoms with E-state index in [4.69, 9.17) is 20.8 Å². The molecule has 1 aromatic heterocycles. The molecule has 0 amide bonds. The van der Waals surface area contributed by atoms with Gasteiger partial charge in [-0.25, -0.2) is 0 Å². The average Bonchev–Trinajstić information content (AvgIpc) is 3.08. The number of hydrogen-bond acceptors (Lipinski definition) is 4. The number of aryl methyl sites for hydroxylation is 1. The second-order valence-corrected chi connectivity index (χ2v) is 6.73. The fraction of sp³-hybridized carbons (Fsp3) is 0.474. The first-order valence-corrected chi connectivity index (χ1v) is 8.96. The molecule has 5 heteroatoms. The number of rotatable bonds is 7. The normalized spacial score (nSPS) is 16.4. The molecule has 0 radical (unpaired) electrons. The van der Waals surface area contributed by atoms with E-state index in [9.17, 15) is 0 Å². The third kappa shape index (κ3) is 4.76. The molecule has 0 unspecified atom stereocenters. The van der Waals surface area contributed by atoms with E-state index in [2.05, 4.69) is 10.2 Å². The van der Waals surface area contributed by atoms with Crippen molar-refractivity contribution in [1.29, 1.82) is 0 Å². The summed E-state index contributed by atoms with van der Waals surface area (Å²) in [6.07, 6.45) is 4.06. The highest BCUT2D eigenvalue weighted by Gasteiger charge is 2.19. The number of halogens is 1. The predicted octanol–water partition coefficient (Wildman–Crippen LogP) is 3.87. The summed E-state index contributed by atoms with van der Waals surface area (Å²) in [6.45, 7) is 6.61. The van der Waals surface area contributed by atoms with Gasteiger partial charge in [0.2, 0.25) is 0 Å². The van der Waals surface area contributed by atoms with Gasteiger partial charge in [-0.2, -0.15) is 0 Å². The van der Waals surface area contributed by atoms with Crippen LogP contribution >= 0.6 is 11.6 Å². The van der Waals surface area contributed by atoms with Gasteiger partial charge in [0.05, 0.1) is 17.8 Å². The minimum Gasteiger partial charge on any atom is -0.490 e. The Hall–Kier alpha value is -1.49. The smallest absolute Gasteiger partial charge is 0.140 e. The number of benzene rings is 1. The van der Waals surface area contributed by atoms with Crippen molar-refractivity contribution < 1.29 is 9.15 Å². The zero-order valence-corrected chi connectivity index (χ0v) is 14.9. The van der Waals surface area contributed by atoms with Crippen LogP contribution in [0.15, 0.2) is 41.0 Å². The molecule has 2 aromatic rings. The number of para-hydroxylation sites is 1. The highest BCUT2D eigenvalue weighted by molar-refractivity contribution is 6.32. The summed E-state index contributed by atoms with van der Waals surface area (Å²) in [5, 5.41) is 4.27. The second kappa shape index (κ2) is 8.56. The van der Waals surface area contributed by atoms with Crippen molar-refractivity contribution in [1.82, 2.24) is 10.2 Å². The molecule has 1 fully saturated rings. The Labute approximate surface area is 148 Å². The molecule has 0 spiro atoms. The number of nitrogens with one attached hydrogen (secondary N) is 1. The largest absolute Gasteiger partial charge is 0.490 e. The zero-order valence-electron chi connectivity index (χ0n) is 14.1. The van der Waals surface area contributed by atoms with E-state index in [1.165, 1.54) is 0 Å². The van der Waals surface area contributed by atoms with E-state index in [0.717, 1.165) is 56.1 Å². The fourth-order valence-corrected chi connectivity index (χ4v) is 3.41. The van der Waals surface area contributed by atoms with Crippen LogP contribution < -0.4 is 10.1 Å². The van der Waals surface area contributed by atoms with Crippen molar-refractivity contribution in [2.45, 2.75) is 32.4 Å². The molecule has 4 nitrogen and oxygen atoms in total. The molecule has 0 atom stereocenters. The van der Waals surface area contributed by atoms with Gasteiger partial charge in [0.1, 0.15) is 18.1 Å². The first-order valence-electron chi connectivity index (χ1n) is 8.58. The van der Waals surface area contributed by atoms with Gasteiger partial charge >= 0.3 is 0 Å². The van der Waals surface area contributed by atoms with Gasteiger partial charge in [0.25, 0.3) is 0 Å². The molecule has 3 rings (SSSR count). The van der Waals surface area contributed by atoms with E-state index in [0.29, 0.717) is 17.7 Å². The summed E-state index contributed by atoms with van der Waals surface area (Å²) in [5.41, 5.74) is 1.08. The van der Waals surface area contributed by atoms with Crippen molar-refractivity contribution >= 4 is 11.6 Å². The van der Waals surface area contributed by atoms with Gasteiger partial charge < -0.3 is 14.5 Å². The van der Waals surface area contributed by atoms with Crippen molar-refractivity contribution in [3.8, 4) is 5.75 Å². The molecule has 130 valence electrons. The van der Waals surface area contributed by atoms with E-state index in [1.54, 1.807) is 6.26 Å². The van der Waals surface area contributed by atoms with Gasteiger partial charge in [-0.15, -0.1) is 0 Å². The lowest BCUT2D eigenvalue weighted by atomic mass is 10.1. The summed E-state index contributed by atoms with van der Waals surface area (Å²) in [6, 6.07) is 10.4. The van der Waals surface area contributed by atoms with Crippen LogP contribution in [0.2, 0.25) is 5.02 Å². The quantitative estimate of drug-likeness (QED) is 0.771. The Kier molecular flexibility index (Phi) is 6.18. The Bertz CT molecular complexity index is 602. The summed E-state index contributed by atoms with van der Waals surface area (Å²) < 4.78 is 11.3. The minimum atomic E-state index is 0.564. The third-order valence-electron chi connectivity index (χ3n) is 4.49.